The van der Waals surface area contributed by atoms with Gasteiger partial charge in [-0.25, -0.2) is 0 Å². The molecule has 0 aromatic rings. The van der Waals surface area contributed by atoms with Gasteiger partial charge in [-0.2, -0.15) is 5.26 Å². The summed E-state index contributed by atoms with van der Waals surface area (Å²) >= 11 is 0. The molecule has 0 saturated carbocycles. The number of allylic oxidation sites excluding steroid dienone is 4. The van der Waals surface area contributed by atoms with Crippen molar-refractivity contribution in [1.82, 2.24) is 0 Å². The van der Waals surface area contributed by atoms with Gasteiger partial charge in [0.25, 0.3) is 0 Å². The number of rotatable bonds is 1. The summed E-state index contributed by atoms with van der Waals surface area (Å²) in [4.78, 5) is 0. The lowest BCUT2D eigenvalue weighted by Gasteiger charge is -2.22. The Bertz CT molecular complexity index is 207. The van der Waals surface area contributed by atoms with Crippen LogP contribution in [0.4, 0.5) is 0 Å². The van der Waals surface area contributed by atoms with E-state index in [1.54, 1.807) is 0 Å². The fraction of sp³-hybridized carbons (Fsp3) is 0.444. The van der Waals surface area contributed by atoms with Crippen LogP contribution >= 0.6 is 0 Å². The van der Waals surface area contributed by atoms with Gasteiger partial charge in [0.15, 0.2) is 0 Å². The van der Waals surface area contributed by atoms with E-state index in [1.807, 2.05) is 12.2 Å². The van der Waals surface area contributed by atoms with Crippen LogP contribution in [-0.2, 0) is 0 Å². The fourth-order valence-corrected chi connectivity index (χ4v) is 1.08. The lowest BCUT2D eigenvalue weighted by Crippen LogP contribution is -2.12. The number of hydrogen-bond acceptors (Lipinski definition) is 1. The Labute approximate surface area is 61.7 Å². The molecule has 1 unspecified atom stereocenters. The molecular weight excluding hydrogens is 122 g/mol. The molecule has 0 saturated heterocycles. The van der Waals surface area contributed by atoms with Crippen LogP contribution < -0.4 is 0 Å². The summed E-state index contributed by atoms with van der Waals surface area (Å²) < 4.78 is 0. The van der Waals surface area contributed by atoms with Crippen molar-refractivity contribution in [2.75, 3.05) is 0 Å². The highest BCUT2D eigenvalue weighted by Crippen LogP contribution is 2.29. The highest BCUT2D eigenvalue weighted by molar-refractivity contribution is 5.16. The summed E-state index contributed by atoms with van der Waals surface area (Å²) in [7, 11) is 0. The predicted octanol–water partition coefficient (Wildman–Crippen LogP) is 2.42. The van der Waals surface area contributed by atoms with E-state index in [9.17, 15) is 0 Å². The second-order valence-electron chi connectivity index (χ2n) is 2.98. The molecule has 0 aromatic carbocycles. The van der Waals surface area contributed by atoms with Crippen LogP contribution in [0.2, 0.25) is 0 Å². The minimum absolute atomic E-state index is 0.101. The van der Waals surface area contributed by atoms with Crippen LogP contribution in [0.1, 0.15) is 19.8 Å². The molecule has 0 bridgehead atoms. The van der Waals surface area contributed by atoms with Crippen LogP contribution in [0.5, 0.6) is 0 Å². The molecule has 1 nitrogen and oxygen atoms in total. The average molecular weight is 133 g/mol. The molecule has 0 radical (unpaired) electrons. The van der Waals surface area contributed by atoms with Crippen LogP contribution in [0.3, 0.4) is 0 Å². The molecule has 0 spiro atoms. The SMILES string of the molecule is CC1(CC#N)C=CC=CC1. The number of hydrogen-bond donors (Lipinski definition) is 0. The predicted molar refractivity (Wildman–Crippen MR) is 41.2 cm³/mol. The molecule has 52 valence electrons. The maximum atomic E-state index is 8.48. The molecule has 0 aromatic heterocycles. The maximum absolute atomic E-state index is 8.48. The lowest BCUT2D eigenvalue weighted by molar-refractivity contribution is 0.441. The molecule has 0 amide bonds. The van der Waals surface area contributed by atoms with Crippen molar-refractivity contribution in [2.24, 2.45) is 5.41 Å². The van der Waals surface area contributed by atoms with E-state index in [-0.39, 0.29) is 5.41 Å². The highest BCUT2D eigenvalue weighted by Gasteiger charge is 2.19. The second kappa shape index (κ2) is 2.70. The van der Waals surface area contributed by atoms with Crippen molar-refractivity contribution in [3.05, 3.63) is 24.3 Å². The zero-order valence-electron chi connectivity index (χ0n) is 6.17. The Morgan fingerprint density at radius 1 is 1.60 bits per heavy atom. The molecule has 0 N–H and O–H groups in total. The summed E-state index contributed by atoms with van der Waals surface area (Å²) in [6.45, 7) is 2.11. The molecule has 1 heteroatoms. The van der Waals surface area contributed by atoms with Crippen LogP contribution in [0, 0.1) is 16.7 Å². The zero-order chi connectivity index (χ0) is 7.45. The van der Waals surface area contributed by atoms with Gasteiger partial charge < -0.3 is 0 Å². The molecule has 10 heavy (non-hydrogen) atoms. The maximum Gasteiger partial charge on any atom is 0.0630 e. The molecule has 0 aliphatic heterocycles. The zero-order valence-corrected chi connectivity index (χ0v) is 6.17. The quantitative estimate of drug-likeness (QED) is 0.539. The Morgan fingerprint density at radius 2 is 2.40 bits per heavy atom. The molecule has 1 aliphatic rings. The minimum Gasteiger partial charge on any atom is -0.198 e. The van der Waals surface area contributed by atoms with Gasteiger partial charge >= 0.3 is 0 Å². The van der Waals surface area contributed by atoms with Crippen molar-refractivity contribution in [3.8, 4) is 6.07 Å². The van der Waals surface area contributed by atoms with E-state index < -0.39 is 0 Å². The van der Waals surface area contributed by atoms with E-state index >= 15 is 0 Å². The Hall–Kier alpha value is -1.03. The van der Waals surface area contributed by atoms with Gasteiger partial charge in [0.05, 0.1) is 6.07 Å². The minimum atomic E-state index is 0.101. The third-order valence-corrected chi connectivity index (χ3v) is 1.81. The molecule has 0 heterocycles. The smallest absolute Gasteiger partial charge is 0.0630 e. The summed E-state index contributed by atoms with van der Waals surface area (Å²) in [5.74, 6) is 0. The molecule has 1 rings (SSSR count). The van der Waals surface area contributed by atoms with Crippen molar-refractivity contribution < 1.29 is 0 Å². The molecule has 0 fully saturated rings. The first-order chi connectivity index (χ1) is 4.77. The van der Waals surface area contributed by atoms with Gasteiger partial charge in [0.1, 0.15) is 0 Å². The summed E-state index contributed by atoms with van der Waals surface area (Å²) in [5.41, 5.74) is 0.101. The Kier molecular flexibility index (Phi) is 1.91. The first-order valence-corrected chi connectivity index (χ1v) is 3.48. The van der Waals surface area contributed by atoms with Crippen molar-refractivity contribution >= 4 is 0 Å². The monoisotopic (exact) mass is 133 g/mol. The molecule has 1 aliphatic carbocycles. The van der Waals surface area contributed by atoms with E-state index in [1.165, 1.54) is 0 Å². The average Bonchev–Trinajstić information content (AvgIpc) is 1.89. The summed E-state index contributed by atoms with van der Waals surface area (Å²) in [6.07, 6.45) is 9.87. The largest absolute Gasteiger partial charge is 0.198 e. The normalized spacial score (nSPS) is 30.0. The third kappa shape index (κ3) is 1.48. The topological polar surface area (TPSA) is 23.8 Å². The van der Waals surface area contributed by atoms with Gasteiger partial charge in [-0.05, 0) is 6.42 Å². The van der Waals surface area contributed by atoms with Gasteiger partial charge in [-0.15, -0.1) is 0 Å². The van der Waals surface area contributed by atoms with Gasteiger partial charge in [0.2, 0.25) is 0 Å². The van der Waals surface area contributed by atoms with Gasteiger partial charge in [0, 0.05) is 11.8 Å². The molecule has 1 atom stereocenters. The first kappa shape index (κ1) is 7.08. The van der Waals surface area contributed by atoms with Gasteiger partial charge in [-0.1, -0.05) is 31.2 Å². The summed E-state index contributed by atoms with van der Waals surface area (Å²) in [5, 5.41) is 8.48. The van der Waals surface area contributed by atoms with Crippen molar-refractivity contribution in [3.63, 3.8) is 0 Å². The van der Waals surface area contributed by atoms with E-state index in [4.69, 9.17) is 5.26 Å². The molecular formula is C9H11N. The van der Waals surface area contributed by atoms with Crippen LogP contribution in [0.25, 0.3) is 0 Å². The standard InChI is InChI=1S/C9H11N/c1-9(7-8-10)5-3-2-4-6-9/h2-5H,6-7H2,1H3. The number of nitrogens with zero attached hydrogens (tertiary/aromatic N) is 1. The van der Waals surface area contributed by atoms with Crippen LogP contribution in [0.15, 0.2) is 24.3 Å². The van der Waals surface area contributed by atoms with E-state index in [2.05, 4.69) is 25.1 Å². The fourth-order valence-electron chi connectivity index (χ4n) is 1.08. The second-order valence-corrected chi connectivity index (χ2v) is 2.98. The number of nitriles is 1. The lowest BCUT2D eigenvalue weighted by atomic mass is 9.81. The van der Waals surface area contributed by atoms with E-state index in [0.29, 0.717) is 6.42 Å². The van der Waals surface area contributed by atoms with E-state index in [0.717, 1.165) is 6.42 Å². The van der Waals surface area contributed by atoms with Gasteiger partial charge in [-0.3, -0.25) is 0 Å². The van der Waals surface area contributed by atoms with Crippen molar-refractivity contribution in [1.29, 1.82) is 5.26 Å². The van der Waals surface area contributed by atoms with Crippen molar-refractivity contribution in [2.45, 2.75) is 19.8 Å². The highest BCUT2D eigenvalue weighted by atomic mass is 14.3. The Balaban J connectivity index is 2.63. The van der Waals surface area contributed by atoms with Crippen LogP contribution in [-0.4, -0.2) is 0 Å². The summed E-state index contributed by atoms with van der Waals surface area (Å²) in [6, 6.07) is 2.19. The first-order valence-electron chi connectivity index (χ1n) is 3.48. The Morgan fingerprint density at radius 3 is 2.90 bits per heavy atom. The third-order valence-electron chi connectivity index (χ3n) is 1.81.